The molecule has 1 aliphatic carbocycles. The van der Waals surface area contributed by atoms with Crippen molar-refractivity contribution in [3.05, 3.63) is 69.7 Å². The zero-order valence-corrected chi connectivity index (χ0v) is 14.4. The number of fused-ring (bicyclic) bond motifs is 1. The molecule has 0 bridgehead atoms. The summed E-state index contributed by atoms with van der Waals surface area (Å²) >= 11 is 6.05. The number of hydrogen-bond acceptors (Lipinski definition) is 2. The molecular formula is C20H18ClNO3. The molecule has 5 heteroatoms. The van der Waals surface area contributed by atoms with Crippen molar-refractivity contribution >= 4 is 23.5 Å². The van der Waals surface area contributed by atoms with Gasteiger partial charge < -0.3 is 10.0 Å². The lowest BCUT2D eigenvalue weighted by atomic mass is 9.97. The second-order valence-electron chi connectivity index (χ2n) is 6.80. The van der Waals surface area contributed by atoms with Gasteiger partial charge in [-0.2, -0.15) is 0 Å². The standard InChI is InChI=1S/C20H18ClNO3/c21-16-3-1-2-13(9-16)17-10-18(17)19(23)22-7-6-12-4-5-14(20(24)25)8-15(12)11-22/h1-5,8-9,17-18H,6-7,10-11H2,(H,24,25). The van der Waals surface area contributed by atoms with Gasteiger partial charge in [-0.25, -0.2) is 4.79 Å². The zero-order chi connectivity index (χ0) is 17.6. The molecule has 25 heavy (non-hydrogen) atoms. The van der Waals surface area contributed by atoms with E-state index in [-0.39, 0.29) is 23.3 Å². The summed E-state index contributed by atoms with van der Waals surface area (Å²) in [5, 5.41) is 9.85. The highest BCUT2D eigenvalue weighted by Gasteiger charge is 2.46. The van der Waals surface area contributed by atoms with Crippen molar-refractivity contribution in [1.29, 1.82) is 0 Å². The summed E-state index contributed by atoms with van der Waals surface area (Å²) in [6.45, 7) is 1.19. The summed E-state index contributed by atoms with van der Waals surface area (Å²) < 4.78 is 0. The smallest absolute Gasteiger partial charge is 0.335 e. The van der Waals surface area contributed by atoms with Gasteiger partial charge in [0.25, 0.3) is 0 Å². The monoisotopic (exact) mass is 355 g/mol. The van der Waals surface area contributed by atoms with Gasteiger partial charge >= 0.3 is 5.97 Å². The van der Waals surface area contributed by atoms with Gasteiger partial charge in [0.05, 0.1) is 5.56 Å². The van der Waals surface area contributed by atoms with Gasteiger partial charge in [-0.05, 0) is 59.7 Å². The molecule has 2 aromatic carbocycles. The first-order valence-electron chi connectivity index (χ1n) is 8.42. The Hall–Kier alpha value is -2.33. The summed E-state index contributed by atoms with van der Waals surface area (Å²) in [4.78, 5) is 25.9. The van der Waals surface area contributed by atoms with Crippen LogP contribution in [0.15, 0.2) is 42.5 Å². The Balaban J connectivity index is 1.48. The maximum absolute atomic E-state index is 12.8. The number of carbonyl (C=O) groups excluding carboxylic acids is 1. The molecule has 1 amide bonds. The van der Waals surface area contributed by atoms with Crippen LogP contribution in [0.4, 0.5) is 0 Å². The lowest BCUT2D eigenvalue weighted by Crippen LogP contribution is -2.37. The average Bonchev–Trinajstić information content (AvgIpc) is 3.41. The molecule has 0 saturated heterocycles. The summed E-state index contributed by atoms with van der Waals surface area (Å²) in [7, 11) is 0. The van der Waals surface area contributed by atoms with Crippen LogP contribution in [0.25, 0.3) is 0 Å². The topological polar surface area (TPSA) is 57.6 Å². The Morgan fingerprint density at radius 2 is 1.96 bits per heavy atom. The molecule has 1 aliphatic heterocycles. The Labute approximate surface area is 151 Å². The van der Waals surface area contributed by atoms with E-state index < -0.39 is 5.97 Å². The van der Waals surface area contributed by atoms with Gasteiger partial charge in [-0.15, -0.1) is 0 Å². The number of rotatable bonds is 3. The Morgan fingerprint density at radius 1 is 1.12 bits per heavy atom. The number of amides is 1. The van der Waals surface area contributed by atoms with Crippen LogP contribution in [0.5, 0.6) is 0 Å². The van der Waals surface area contributed by atoms with Gasteiger partial charge in [0.15, 0.2) is 0 Å². The Bertz CT molecular complexity index is 864. The van der Waals surface area contributed by atoms with Crippen LogP contribution in [0.3, 0.4) is 0 Å². The summed E-state index contributed by atoms with van der Waals surface area (Å²) in [5.74, 6) is -0.508. The maximum atomic E-state index is 12.8. The number of hydrogen-bond donors (Lipinski definition) is 1. The highest BCUT2D eigenvalue weighted by molar-refractivity contribution is 6.30. The summed E-state index contributed by atoms with van der Waals surface area (Å²) in [6, 6.07) is 12.9. The molecule has 0 spiro atoms. The molecule has 4 nitrogen and oxygen atoms in total. The molecule has 4 rings (SSSR count). The predicted octanol–water partition coefficient (Wildman–Crippen LogP) is 3.73. The first kappa shape index (κ1) is 16.2. The Morgan fingerprint density at radius 3 is 2.72 bits per heavy atom. The molecule has 1 heterocycles. The van der Waals surface area contributed by atoms with Crippen molar-refractivity contribution < 1.29 is 14.7 Å². The molecule has 2 aromatic rings. The van der Waals surface area contributed by atoms with Crippen LogP contribution in [-0.2, 0) is 17.8 Å². The fourth-order valence-electron chi connectivity index (χ4n) is 3.69. The quantitative estimate of drug-likeness (QED) is 0.912. The van der Waals surface area contributed by atoms with Crippen molar-refractivity contribution in [2.75, 3.05) is 6.54 Å². The fourth-order valence-corrected chi connectivity index (χ4v) is 3.89. The molecule has 2 aliphatic rings. The number of benzene rings is 2. The van der Waals surface area contributed by atoms with E-state index in [1.165, 1.54) is 0 Å². The van der Waals surface area contributed by atoms with Crippen LogP contribution in [0.2, 0.25) is 5.02 Å². The molecule has 2 unspecified atom stereocenters. The third-order valence-electron chi connectivity index (χ3n) is 5.16. The summed E-state index contributed by atoms with van der Waals surface area (Å²) in [5.41, 5.74) is 3.48. The van der Waals surface area contributed by atoms with E-state index in [0.717, 1.165) is 29.5 Å². The lowest BCUT2D eigenvalue weighted by Gasteiger charge is -2.29. The second-order valence-corrected chi connectivity index (χ2v) is 7.24. The van der Waals surface area contributed by atoms with E-state index in [9.17, 15) is 9.59 Å². The van der Waals surface area contributed by atoms with E-state index in [1.807, 2.05) is 35.2 Å². The zero-order valence-electron chi connectivity index (χ0n) is 13.6. The van der Waals surface area contributed by atoms with E-state index in [1.54, 1.807) is 12.1 Å². The Kier molecular flexibility index (Phi) is 4.00. The van der Waals surface area contributed by atoms with E-state index in [0.29, 0.717) is 18.1 Å². The van der Waals surface area contributed by atoms with Crippen molar-refractivity contribution in [2.24, 2.45) is 5.92 Å². The number of aromatic carboxylic acids is 1. The fraction of sp³-hybridized carbons (Fsp3) is 0.300. The number of nitrogens with zero attached hydrogens (tertiary/aromatic N) is 1. The van der Waals surface area contributed by atoms with E-state index in [4.69, 9.17) is 16.7 Å². The van der Waals surface area contributed by atoms with Crippen LogP contribution in [0, 0.1) is 5.92 Å². The molecule has 0 aromatic heterocycles. The molecule has 1 saturated carbocycles. The number of carboxylic acids is 1. The van der Waals surface area contributed by atoms with Crippen molar-refractivity contribution in [2.45, 2.75) is 25.3 Å². The highest BCUT2D eigenvalue weighted by Crippen LogP contribution is 2.49. The van der Waals surface area contributed by atoms with Crippen LogP contribution in [-0.4, -0.2) is 28.4 Å². The van der Waals surface area contributed by atoms with Crippen molar-refractivity contribution in [3.8, 4) is 0 Å². The maximum Gasteiger partial charge on any atom is 0.335 e. The average molecular weight is 356 g/mol. The highest BCUT2D eigenvalue weighted by atomic mass is 35.5. The number of carbonyl (C=O) groups is 2. The third kappa shape index (κ3) is 3.14. The first-order chi connectivity index (χ1) is 12.0. The van der Waals surface area contributed by atoms with Gasteiger partial charge in [0.1, 0.15) is 0 Å². The minimum atomic E-state index is -0.936. The van der Waals surface area contributed by atoms with Crippen molar-refractivity contribution in [1.82, 2.24) is 4.90 Å². The van der Waals surface area contributed by atoms with E-state index >= 15 is 0 Å². The molecule has 128 valence electrons. The SMILES string of the molecule is O=C(O)c1ccc2c(c1)CN(C(=O)C1CC1c1cccc(Cl)c1)CC2. The molecule has 0 radical (unpaired) electrons. The van der Waals surface area contributed by atoms with Crippen LogP contribution in [0.1, 0.15) is 39.4 Å². The van der Waals surface area contributed by atoms with Gasteiger partial charge in [0.2, 0.25) is 5.91 Å². The van der Waals surface area contributed by atoms with Gasteiger partial charge in [0, 0.05) is 24.0 Å². The summed E-state index contributed by atoms with van der Waals surface area (Å²) in [6.07, 6.45) is 1.63. The van der Waals surface area contributed by atoms with Crippen molar-refractivity contribution in [3.63, 3.8) is 0 Å². The van der Waals surface area contributed by atoms with Gasteiger partial charge in [-0.1, -0.05) is 29.8 Å². The normalized spacial score (nSPS) is 21.6. The molecule has 2 atom stereocenters. The number of carboxylic acid groups (broad SMARTS) is 1. The minimum Gasteiger partial charge on any atom is -0.478 e. The van der Waals surface area contributed by atoms with Crippen LogP contribution >= 0.6 is 11.6 Å². The first-order valence-corrected chi connectivity index (χ1v) is 8.80. The minimum absolute atomic E-state index is 0.0164. The molecule has 1 N–H and O–H groups in total. The third-order valence-corrected chi connectivity index (χ3v) is 5.40. The predicted molar refractivity (Wildman–Crippen MR) is 94.8 cm³/mol. The van der Waals surface area contributed by atoms with Gasteiger partial charge in [-0.3, -0.25) is 4.79 Å². The number of halogens is 1. The van der Waals surface area contributed by atoms with E-state index in [2.05, 4.69) is 0 Å². The lowest BCUT2D eigenvalue weighted by molar-refractivity contribution is -0.133. The van der Waals surface area contributed by atoms with Crippen LogP contribution < -0.4 is 0 Å². The largest absolute Gasteiger partial charge is 0.478 e. The molecule has 1 fully saturated rings. The molecular weight excluding hydrogens is 338 g/mol. The second kappa shape index (κ2) is 6.19.